The summed E-state index contributed by atoms with van der Waals surface area (Å²) < 4.78 is 0. The molecule has 0 aliphatic heterocycles. The first kappa shape index (κ1) is 15.4. The van der Waals surface area contributed by atoms with E-state index in [1.807, 2.05) is 11.3 Å². The third kappa shape index (κ3) is 3.69. The number of aromatic nitrogens is 1. The fourth-order valence-electron chi connectivity index (χ4n) is 2.00. The summed E-state index contributed by atoms with van der Waals surface area (Å²) in [6.07, 6.45) is 2.19. The Labute approximate surface area is 116 Å². The van der Waals surface area contributed by atoms with Crippen molar-refractivity contribution in [1.82, 2.24) is 10.3 Å². The molecule has 0 radical (unpaired) electrons. The van der Waals surface area contributed by atoms with Gasteiger partial charge in [-0.1, -0.05) is 20.8 Å². The number of nitrogens with one attached hydrogen (secondary N) is 1. The second kappa shape index (κ2) is 7.74. The second-order valence-corrected chi connectivity index (χ2v) is 5.61. The summed E-state index contributed by atoms with van der Waals surface area (Å²) in [7, 11) is 0. The zero-order valence-corrected chi connectivity index (χ0v) is 13.2. The summed E-state index contributed by atoms with van der Waals surface area (Å²) in [6, 6.07) is 0.567. The third-order valence-electron chi connectivity index (χ3n) is 3.35. The van der Waals surface area contributed by atoms with Gasteiger partial charge in [0.1, 0.15) is 0 Å². The highest BCUT2D eigenvalue weighted by Crippen LogP contribution is 2.28. The van der Waals surface area contributed by atoms with Gasteiger partial charge < -0.3 is 10.2 Å². The smallest absolute Gasteiger partial charge is 0.186 e. The molecule has 1 N–H and O–H groups in total. The van der Waals surface area contributed by atoms with E-state index in [4.69, 9.17) is 4.98 Å². The van der Waals surface area contributed by atoms with Crippen LogP contribution in [0.1, 0.15) is 51.6 Å². The molecule has 0 saturated carbocycles. The van der Waals surface area contributed by atoms with E-state index >= 15 is 0 Å². The highest BCUT2D eigenvalue weighted by atomic mass is 32.1. The Balaban J connectivity index is 2.91. The van der Waals surface area contributed by atoms with E-state index in [0.717, 1.165) is 32.5 Å². The minimum Gasteiger partial charge on any atom is -0.346 e. The number of nitrogens with zero attached hydrogens (tertiary/aromatic N) is 2. The van der Waals surface area contributed by atoms with Crippen LogP contribution in [0.2, 0.25) is 0 Å². The Kier molecular flexibility index (Phi) is 6.65. The van der Waals surface area contributed by atoms with Crippen LogP contribution in [0, 0.1) is 0 Å². The minimum absolute atomic E-state index is 0.567. The fourth-order valence-corrected chi connectivity index (χ4v) is 3.29. The Bertz CT molecular complexity index is 349. The van der Waals surface area contributed by atoms with Crippen LogP contribution in [0.4, 0.5) is 5.13 Å². The molecule has 4 heteroatoms. The number of aryl methyl sites for hydroxylation is 1. The van der Waals surface area contributed by atoms with Crippen LogP contribution in [-0.2, 0) is 13.0 Å². The van der Waals surface area contributed by atoms with Crippen LogP contribution < -0.4 is 10.2 Å². The van der Waals surface area contributed by atoms with Crippen molar-refractivity contribution in [3.05, 3.63) is 10.6 Å². The van der Waals surface area contributed by atoms with Gasteiger partial charge in [-0.15, -0.1) is 11.3 Å². The molecule has 1 aromatic heterocycles. The van der Waals surface area contributed by atoms with Gasteiger partial charge in [-0.3, -0.25) is 0 Å². The zero-order valence-electron chi connectivity index (χ0n) is 12.4. The van der Waals surface area contributed by atoms with Gasteiger partial charge in [0.25, 0.3) is 0 Å². The number of thiazole rings is 1. The van der Waals surface area contributed by atoms with E-state index in [0.29, 0.717) is 6.04 Å². The lowest BCUT2D eigenvalue weighted by Gasteiger charge is -2.26. The van der Waals surface area contributed by atoms with Crippen LogP contribution in [0.15, 0.2) is 0 Å². The van der Waals surface area contributed by atoms with Gasteiger partial charge in [0.05, 0.1) is 5.69 Å². The van der Waals surface area contributed by atoms with E-state index in [2.05, 4.69) is 44.8 Å². The van der Waals surface area contributed by atoms with Gasteiger partial charge in [0.15, 0.2) is 5.13 Å². The van der Waals surface area contributed by atoms with E-state index in [1.54, 1.807) is 0 Å². The molecule has 1 unspecified atom stereocenters. The highest BCUT2D eigenvalue weighted by molar-refractivity contribution is 7.15. The average Bonchev–Trinajstić information content (AvgIpc) is 2.79. The van der Waals surface area contributed by atoms with E-state index in [1.165, 1.54) is 15.7 Å². The molecule has 0 aliphatic carbocycles. The molecule has 18 heavy (non-hydrogen) atoms. The zero-order chi connectivity index (χ0) is 13.5. The van der Waals surface area contributed by atoms with Crippen molar-refractivity contribution >= 4 is 16.5 Å². The molecular weight excluding hydrogens is 242 g/mol. The summed E-state index contributed by atoms with van der Waals surface area (Å²) in [6.45, 7) is 14.1. The van der Waals surface area contributed by atoms with Crippen LogP contribution >= 0.6 is 11.3 Å². The van der Waals surface area contributed by atoms with Crippen molar-refractivity contribution in [2.24, 2.45) is 0 Å². The first-order chi connectivity index (χ1) is 8.67. The topological polar surface area (TPSA) is 28.2 Å². The SMILES string of the molecule is CCNCc1sc(N(CC)C(C)CC)nc1CC. The van der Waals surface area contributed by atoms with Crippen LogP contribution in [-0.4, -0.2) is 24.1 Å². The molecule has 1 atom stereocenters. The summed E-state index contributed by atoms with van der Waals surface area (Å²) in [4.78, 5) is 8.64. The molecule has 0 fully saturated rings. The Morgan fingerprint density at radius 1 is 1.28 bits per heavy atom. The summed E-state index contributed by atoms with van der Waals surface area (Å²) in [5, 5.41) is 4.60. The van der Waals surface area contributed by atoms with Crippen molar-refractivity contribution in [2.45, 2.75) is 60.0 Å². The van der Waals surface area contributed by atoms with Crippen molar-refractivity contribution in [3.63, 3.8) is 0 Å². The molecule has 0 aromatic carbocycles. The lowest BCUT2D eigenvalue weighted by atomic mass is 10.2. The maximum absolute atomic E-state index is 4.83. The minimum atomic E-state index is 0.567. The van der Waals surface area contributed by atoms with E-state index in [9.17, 15) is 0 Å². The summed E-state index contributed by atoms with van der Waals surface area (Å²) >= 11 is 1.85. The Morgan fingerprint density at radius 3 is 2.50 bits per heavy atom. The molecule has 0 amide bonds. The molecule has 1 heterocycles. The molecule has 0 saturated heterocycles. The molecule has 3 nitrogen and oxygen atoms in total. The summed E-state index contributed by atoms with van der Waals surface area (Å²) in [5.74, 6) is 0. The summed E-state index contributed by atoms with van der Waals surface area (Å²) in [5.41, 5.74) is 1.26. The van der Waals surface area contributed by atoms with Crippen LogP contribution in [0.25, 0.3) is 0 Å². The standard InChI is InChI=1S/C14H27N3S/c1-6-11(5)17(9-4)14-16-12(7-2)13(18-14)10-15-8-3/h11,15H,6-10H2,1-5H3. The molecule has 0 spiro atoms. The fraction of sp³-hybridized carbons (Fsp3) is 0.786. The second-order valence-electron chi connectivity index (χ2n) is 4.54. The lowest BCUT2D eigenvalue weighted by Crippen LogP contribution is -2.32. The van der Waals surface area contributed by atoms with E-state index in [-0.39, 0.29) is 0 Å². The van der Waals surface area contributed by atoms with Gasteiger partial charge in [0.2, 0.25) is 0 Å². The first-order valence-electron chi connectivity index (χ1n) is 7.13. The molecule has 1 rings (SSSR count). The Morgan fingerprint density at radius 2 is 2.00 bits per heavy atom. The molecule has 0 bridgehead atoms. The van der Waals surface area contributed by atoms with Gasteiger partial charge in [0, 0.05) is 24.0 Å². The molecular formula is C14H27N3S. The van der Waals surface area contributed by atoms with Crippen molar-refractivity contribution in [2.75, 3.05) is 18.0 Å². The van der Waals surface area contributed by atoms with Crippen LogP contribution in [0.3, 0.4) is 0 Å². The predicted octanol–water partition coefficient (Wildman–Crippen LogP) is 3.44. The Hall–Kier alpha value is -0.610. The first-order valence-corrected chi connectivity index (χ1v) is 7.95. The van der Waals surface area contributed by atoms with E-state index < -0.39 is 0 Å². The van der Waals surface area contributed by atoms with Gasteiger partial charge >= 0.3 is 0 Å². The van der Waals surface area contributed by atoms with Gasteiger partial charge in [-0.2, -0.15) is 0 Å². The molecule has 0 aliphatic rings. The monoisotopic (exact) mass is 269 g/mol. The van der Waals surface area contributed by atoms with Crippen molar-refractivity contribution < 1.29 is 0 Å². The van der Waals surface area contributed by atoms with Crippen molar-refractivity contribution in [1.29, 1.82) is 0 Å². The normalized spacial score (nSPS) is 12.7. The highest BCUT2D eigenvalue weighted by Gasteiger charge is 2.17. The average molecular weight is 269 g/mol. The number of rotatable bonds is 8. The number of hydrogen-bond acceptors (Lipinski definition) is 4. The maximum Gasteiger partial charge on any atom is 0.186 e. The quantitative estimate of drug-likeness (QED) is 0.783. The van der Waals surface area contributed by atoms with Crippen LogP contribution in [0.5, 0.6) is 0 Å². The number of anilines is 1. The molecule has 1 aromatic rings. The largest absolute Gasteiger partial charge is 0.346 e. The van der Waals surface area contributed by atoms with Gasteiger partial charge in [-0.25, -0.2) is 4.98 Å². The van der Waals surface area contributed by atoms with Crippen molar-refractivity contribution in [3.8, 4) is 0 Å². The third-order valence-corrected chi connectivity index (χ3v) is 4.48. The lowest BCUT2D eigenvalue weighted by molar-refractivity contribution is 0.627. The number of hydrogen-bond donors (Lipinski definition) is 1. The maximum atomic E-state index is 4.83. The molecule has 104 valence electrons. The van der Waals surface area contributed by atoms with Gasteiger partial charge in [-0.05, 0) is 33.2 Å². The predicted molar refractivity (Wildman–Crippen MR) is 81.6 cm³/mol.